The van der Waals surface area contributed by atoms with Gasteiger partial charge >= 0.3 is 0 Å². The normalized spacial score (nSPS) is 58.5. The van der Waals surface area contributed by atoms with Crippen LogP contribution in [0, 0.1) is 45.3 Å². The highest BCUT2D eigenvalue weighted by Gasteiger charge is 2.71. The summed E-state index contributed by atoms with van der Waals surface area (Å²) >= 11 is 0. The molecule has 11 atom stereocenters. The average molecular weight is 477 g/mol. The van der Waals surface area contributed by atoms with Crippen LogP contribution in [0.5, 0.6) is 0 Å². The van der Waals surface area contributed by atoms with Gasteiger partial charge in [0.25, 0.3) is 0 Å². The molecular formula is C30H52O4. The van der Waals surface area contributed by atoms with Crippen molar-refractivity contribution in [3.05, 3.63) is 0 Å². The fourth-order valence-electron chi connectivity index (χ4n) is 11.2. The standard InChI is InChI=1S/C30H52O4/c1-25(2)20-10-15-28(6)21(27(20,5)13-11-22(25)32)17-19(31)24-18(9-14-29(24,28)7)30(8)16-12-23(33)26(3,4)34-30/h18-24,31-33H,9-17H2,1-8H3/t18-,19+,20-,21+,22-,23-,24-,27-,28+,29+,30+/m0/s1. The SMILES string of the molecule is CC1(C)O[C@@](C)([C@H]2CC[C@]3(C)[C@@H]2[C@H](O)C[C@@H]2[C@@]4(C)CC[C@H](O)C(C)(C)[C@@H]4CC[C@]23C)CC[C@@H]1O. The van der Waals surface area contributed by atoms with Crippen LogP contribution in [-0.4, -0.2) is 44.8 Å². The van der Waals surface area contributed by atoms with Gasteiger partial charge in [-0.15, -0.1) is 0 Å². The summed E-state index contributed by atoms with van der Waals surface area (Å²) in [5.41, 5.74) is -0.466. The Balaban J connectivity index is 1.50. The van der Waals surface area contributed by atoms with Gasteiger partial charge in [0.05, 0.1) is 29.5 Å². The van der Waals surface area contributed by atoms with E-state index in [1.165, 1.54) is 12.8 Å². The Bertz CT molecular complexity index is 823. The van der Waals surface area contributed by atoms with E-state index in [1.54, 1.807) is 0 Å². The lowest BCUT2D eigenvalue weighted by Gasteiger charge is -2.70. The third-order valence-electron chi connectivity index (χ3n) is 13.4. The zero-order valence-electron chi connectivity index (χ0n) is 23.2. The molecule has 0 amide bonds. The van der Waals surface area contributed by atoms with E-state index in [4.69, 9.17) is 4.74 Å². The van der Waals surface area contributed by atoms with E-state index in [0.29, 0.717) is 17.8 Å². The molecule has 4 nitrogen and oxygen atoms in total. The molecule has 4 aliphatic carbocycles. The first-order chi connectivity index (χ1) is 15.5. The topological polar surface area (TPSA) is 69.9 Å². The van der Waals surface area contributed by atoms with E-state index in [-0.39, 0.29) is 45.4 Å². The average Bonchev–Trinajstić information content (AvgIpc) is 3.11. The molecule has 4 heteroatoms. The van der Waals surface area contributed by atoms with Crippen LogP contribution in [0.2, 0.25) is 0 Å². The second kappa shape index (κ2) is 7.45. The van der Waals surface area contributed by atoms with Crippen LogP contribution in [0.4, 0.5) is 0 Å². The van der Waals surface area contributed by atoms with Gasteiger partial charge in [0.1, 0.15) is 0 Å². The van der Waals surface area contributed by atoms with E-state index in [9.17, 15) is 15.3 Å². The molecule has 0 unspecified atom stereocenters. The van der Waals surface area contributed by atoms with Gasteiger partial charge in [-0.3, -0.25) is 0 Å². The number of hydrogen-bond acceptors (Lipinski definition) is 4. The van der Waals surface area contributed by atoms with Gasteiger partial charge in [-0.2, -0.15) is 0 Å². The molecule has 5 aliphatic rings. The van der Waals surface area contributed by atoms with Gasteiger partial charge < -0.3 is 20.1 Å². The lowest BCUT2D eigenvalue weighted by Crippen LogP contribution is -2.67. The second-order valence-corrected chi connectivity index (χ2v) is 15.4. The number of hydrogen-bond donors (Lipinski definition) is 3. The Hall–Kier alpha value is -0.160. The molecule has 0 aromatic rings. The molecule has 0 bridgehead atoms. The van der Waals surface area contributed by atoms with Crippen molar-refractivity contribution in [1.29, 1.82) is 0 Å². The minimum absolute atomic E-state index is 0.0644. The first-order valence-electron chi connectivity index (χ1n) is 14.3. The Kier molecular flexibility index (Phi) is 5.59. The quantitative estimate of drug-likeness (QED) is 0.453. The summed E-state index contributed by atoms with van der Waals surface area (Å²) in [5, 5.41) is 33.4. The van der Waals surface area contributed by atoms with Gasteiger partial charge in [0.2, 0.25) is 0 Å². The van der Waals surface area contributed by atoms with Gasteiger partial charge in [-0.25, -0.2) is 0 Å². The summed E-state index contributed by atoms with van der Waals surface area (Å²) in [6.45, 7) is 18.5. The maximum atomic E-state index is 11.9. The summed E-state index contributed by atoms with van der Waals surface area (Å²) in [6.07, 6.45) is 8.17. The van der Waals surface area contributed by atoms with Gasteiger partial charge in [0.15, 0.2) is 0 Å². The molecule has 0 spiro atoms. The summed E-state index contributed by atoms with van der Waals surface area (Å²) < 4.78 is 6.72. The number of aliphatic hydroxyl groups excluding tert-OH is 3. The molecule has 5 fully saturated rings. The van der Waals surface area contributed by atoms with Crippen molar-refractivity contribution in [3.8, 4) is 0 Å². The van der Waals surface area contributed by atoms with E-state index in [2.05, 4.69) is 41.5 Å². The van der Waals surface area contributed by atoms with Crippen molar-refractivity contribution in [3.63, 3.8) is 0 Å². The van der Waals surface area contributed by atoms with Crippen molar-refractivity contribution in [1.82, 2.24) is 0 Å². The number of rotatable bonds is 1. The van der Waals surface area contributed by atoms with Crippen LogP contribution >= 0.6 is 0 Å². The minimum atomic E-state index is -0.544. The predicted octanol–water partition coefficient (Wildman–Crippen LogP) is 5.71. The monoisotopic (exact) mass is 476 g/mol. The third kappa shape index (κ3) is 3.10. The summed E-state index contributed by atoms with van der Waals surface area (Å²) in [4.78, 5) is 0. The van der Waals surface area contributed by atoms with Crippen LogP contribution in [0.25, 0.3) is 0 Å². The van der Waals surface area contributed by atoms with E-state index in [1.807, 2.05) is 13.8 Å². The number of fused-ring (bicyclic) bond motifs is 5. The smallest absolute Gasteiger partial charge is 0.0891 e. The lowest BCUT2D eigenvalue weighted by atomic mass is 9.35. The van der Waals surface area contributed by atoms with E-state index < -0.39 is 11.7 Å². The summed E-state index contributed by atoms with van der Waals surface area (Å²) in [7, 11) is 0. The Morgan fingerprint density at radius 3 is 1.91 bits per heavy atom. The highest BCUT2D eigenvalue weighted by molar-refractivity contribution is 5.20. The van der Waals surface area contributed by atoms with Crippen LogP contribution in [0.1, 0.15) is 113 Å². The fourth-order valence-corrected chi connectivity index (χ4v) is 11.2. The molecule has 1 heterocycles. The summed E-state index contributed by atoms with van der Waals surface area (Å²) in [6, 6.07) is 0. The minimum Gasteiger partial charge on any atom is -0.393 e. The summed E-state index contributed by atoms with van der Waals surface area (Å²) in [5.74, 6) is 1.56. The van der Waals surface area contributed by atoms with Crippen LogP contribution in [0.15, 0.2) is 0 Å². The molecule has 0 aromatic heterocycles. The van der Waals surface area contributed by atoms with Crippen LogP contribution in [-0.2, 0) is 4.74 Å². The number of ether oxygens (including phenoxy) is 1. The van der Waals surface area contributed by atoms with E-state index in [0.717, 1.165) is 44.9 Å². The van der Waals surface area contributed by atoms with Crippen LogP contribution < -0.4 is 0 Å². The van der Waals surface area contributed by atoms with Crippen LogP contribution in [0.3, 0.4) is 0 Å². The third-order valence-corrected chi connectivity index (χ3v) is 13.4. The molecule has 1 aliphatic heterocycles. The predicted molar refractivity (Wildman–Crippen MR) is 135 cm³/mol. The van der Waals surface area contributed by atoms with Crippen molar-refractivity contribution in [2.24, 2.45) is 45.3 Å². The van der Waals surface area contributed by atoms with Crippen molar-refractivity contribution in [2.75, 3.05) is 0 Å². The van der Waals surface area contributed by atoms with Crippen molar-refractivity contribution in [2.45, 2.75) is 143 Å². The highest BCUT2D eigenvalue weighted by atomic mass is 16.5. The molecule has 4 saturated carbocycles. The second-order valence-electron chi connectivity index (χ2n) is 15.4. The zero-order chi connectivity index (χ0) is 25.1. The maximum Gasteiger partial charge on any atom is 0.0891 e. The number of aliphatic hydroxyl groups is 3. The van der Waals surface area contributed by atoms with Crippen molar-refractivity contribution < 1.29 is 20.1 Å². The fraction of sp³-hybridized carbons (Fsp3) is 1.00. The molecule has 1 saturated heterocycles. The molecule has 196 valence electrons. The maximum absolute atomic E-state index is 11.9. The van der Waals surface area contributed by atoms with Crippen molar-refractivity contribution >= 4 is 0 Å². The molecule has 0 aromatic carbocycles. The van der Waals surface area contributed by atoms with Gasteiger partial charge in [-0.05, 0) is 124 Å². The Labute approximate surface area is 208 Å². The molecule has 3 N–H and O–H groups in total. The van der Waals surface area contributed by atoms with Gasteiger partial charge in [-0.1, -0.05) is 34.6 Å². The molecule has 5 rings (SSSR count). The highest BCUT2D eigenvalue weighted by Crippen LogP contribution is 2.76. The molecule has 34 heavy (non-hydrogen) atoms. The Morgan fingerprint density at radius 2 is 1.26 bits per heavy atom. The van der Waals surface area contributed by atoms with Gasteiger partial charge in [0, 0.05) is 0 Å². The molecule has 0 radical (unpaired) electrons. The first kappa shape index (κ1) is 25.5. The molecular weight excluding hydrogens is 424 g/mol. The largest absolute Gasteiger partial charge is 0.393 e. The zero-order valence-corrected chi connectivity index (χ0v) is 23.2. The first-order valence-corrected chi connectivity index (χ1v) is 14.3. The lowest BCUT2D eigenvalue weighted by molar-refractivity contribution is -0.268. The Morgan fingerprint density at radius 1 is 0.647 bits per heavy atom. The van der Waals surface area contributed by atoms with E-state index >= 15 is 0 Å².